The molecule has 3 rings (SSSR count). The Morgan fingerprint density at radius 3 is 2.54 bits per heavy atom. The number of aliphatic hydroxyl groups excluding tert-OH is 1. The first-order valence-electron chi connectivity index (χ1n) is 9.42. The van der Waals surface area contributed by atoms with E-state index in [4.69, 9.17) is 4.74 Å². The number of nitrogens with one attached hydrogen (secondary N) is 2. The molecular formula is C22H30N2O2. The van der Waals surface area contributed by atoms with E-state index in [0.717, 1.165) is 30.0 Å². The zero-order chi connectivity index (χ0) is 18.7. The Morgan fingerprint density at radius 2 is 1.85 bits per heavy atom. The molecule has 140 valence electrons. The van der Waals surface area contributed by atoms with E-state index in [-0.39, 0.29) is 6.04 Å². The molecule has 0 aliphatic carbocycles. The molecule has 26 heavy (non-hydrogen) atoms. The van der Waals surface area contributed by atoms with Crippen LogP contribution in [0, 0.1) is 0 Å². The van der Waals surface area contributed by atoms with Gasteiger partial charge in [-0.15, -0.1) is 0 Å². The summed E-state index contributed by atoms with van der Waals surface area (Å²) in [4.78, 5) is 0. The maximum Gasteiger partial charge on any atom is 0.131 e. The van der Waals surface area contributed by atoms with Crippen molar-refractivity contribution >= 4 is 5.69 Å². The maximum atomic E-state index is 10.9. The van der Waals surface area contributed by atoms with Crippen LogP contribution in [0.4, 0.5) is 5.69 Å². The standard InChI is InChI=1S/C22H30N2O2/c1-15(2)24-17-10-11-18-19(14-17)26-22(3,4)21(25)20(18)23-13-12-16-8-6-5-7-9-16/h5-11,14-15,20-21,23-25H,12-13H2,1-4H3/t20-,21+/m0/s1. The van der Waals surface area contributed by atoms with Gasteiger partial charge in [0.1, 0.15) is 17.5 Å². The summed E-state index contributed by atoms with van der Waals surface area (Å²) in [5, 5.41) is 17.8. The van der Waals surface area contributed by atoms with Gasteiger partial charge in [-0.3, -0.25) is 0 Å². The third-order valence-corrected chi connectivity index (χ3v) is 4.83. The van der Waals surface area contributed by atoms with Crippen LogP contribution in [0.2, 0.25) is 0 Å². The van der Waals surface area contributed by atoms with Gasteiger partial charge in [0.05, 0.1) is 6.04 Å². The van der Waals surface area contributed by atoms with Crippen molar-refractivity contribution < 1.29 is 9.84 Å². The maximum absolute atomic E-state index is 10.9. The summed E-state index contributed by atoms with van der Waals surface area (Å²) in [6.45, 7) is 8.90. The Labute approximate surface area is 156 Å². The monoisotopic (exact) mass is 354 g/mol. The van der Waals surface area contributed by atoms with Gasteiger partial charge >= 0.3 is 0 Å². The zero-order valence-electron chi connectivity index (χ0n) is 16.1. The van der Waals surface area contributed by atoms with Crippen LogP contribution in [-0.2, 0) is 6.42 Å². The van der Waals surface area contributed by atoms with E-state index in [0.29, 0.717) is 6.04 Å². The Bertz CT molecular complexity index is 728. The molecule has 4 nitrogen and oxygen atoms in total. The van der Waals surface area contributed by atoms with Gasteiger partial charge in [-0.05, 0) is 52.3 Å². The molecular weight excluding hydrogens is 324 g/mol. The lowest BCUT2D eigenvalue weighted by atomic mass is 9.86. The van der Waals surface area contributed by atoms with Crippen molar-refractivity contribution in [3.05, 3.63) is 59.7 Å². The van der Waals surface area contributed by atoms with Crippen molar-refractivity contribution in [2.75, 3.05) is 11.9 Å². The van der Waals surface area contributed by atoms with Gasteiger partial charge in [-0.25, -0.2) is 0 Å². The quantitative estimate of drug-likeness (QED) is 0.736. The molecule has 0 aromatic heterocycles. The van der Waals surface area contributed by atoms with E-state index in [1.54, 1.807) is 0 Å². The molecule has 0 amide bonds. The Kier molecular flexibility index (Phi) is 5.54. The van der Waals surface area contributed by atoms with Crippen molar-refractivity contribution in [1.82, 2.24) is 5.32 Å². The van der Waals surface area contributed by atoms with Gasteiger partial charge in [0.15, 0.2) is 0 Å². The first-order chi connectivity index (χ1) is 12.4. The highest BCUT2D eigenvalue weighted by molar-refractivity contribution is 5.54. The van der Waals surface area contributed by atoms with Crippen LogP contribution in [0.3, 0.4) is 0 Å². The third-order valence-electron chi connectivity index (χ3n) is 4.83. The lowest BCUT2D eigenvalue weighted by molar-refractivity contribution is -0.0643. The van der Waals surface area contributed by atoms with Crippen molar-refractivity contribution in [2.45, 2.75) is 57.9 Å². The van der Waals surface area contributed by atoms with Crippen LogP contribution >= 0.6 is 0 Å². The highest BCUT2D eigenvalue weighted by atomic mass is 16.5. The van der Waals surface area contributed by atoms with Crippen LogP contribution in [0.5, 0.6) is 5.75 Å². The molecule has 2 aromatic carbocycles. The summed E-state index contributed by atoms with van der Waals surface area (Å²) in [6, 6.07) is 16.8. The lowest BCUT2D eigenvalue weighted by Gasteiger charge is -2.42. The van der Waals surface area contributed by atoms with E-state index < -0.39 is 11.7 Å². The van der Waals surface area contributed by atoms with Crippen LogP contribution in [0.25, 0.3) is 0 Å². The van der Waals surface area contributed by atoms with E-state index in [2.05, 4.69) is 60.9 Å². The van der Waals surface area contributed by atoms with Crippen molar-refractivity contribution in [3.8, 4) is 5.75 Å². The van der Waals surface area contributed by atoms with E-state index in [9.17, 15) is 5.11 Å². The zero-order valence-corrected chi connectivity index (χ0v) is 16.1. The Morgan fingerprint density at radius 1 is 1.12 bits per heavy atom. The third kappa shape index (κ3) is 4.19. The number of fused-ring (bicyclic) bond motifs is 1. The summed E-state index contributed by atoms with van der Waals surface area (Å²) >= 11 is 0. The topological polar surface area (TPSA) is 53.5 Å². The first-order valence-corrected chi connectivity index (χ1v) is 9.42. The largest absolute Gasteiger partial charge is 0.485 e. The van der Waals surface area contributed by atoms with Crippen LogP contribution < -0.4 is 15.4 Å². The first kappa shape index (κ1) is 18.7. The van der Waals surface area contributed by atoms with Gasteiger partial charge in [0, 0.05) is 23.4 Å². The number of anilines is 1. The SMILES string of the molecule is CC(C)Nc1ccc2c(c1)OC(C)(C)[C@H](O)[C@H]2NCCc1ccccc1. The van der Waals surface area contributed by atoms with E-state index in [1.165, 1.54) is 5.56 Å². The fourth-order valence-corrected chi connectivity index (χ4v) is 3.46. The van der Waals surface area contributed by atoms with E-state index in [1.807, 2.05) is 26.0 Å². The van der Waals surface area contributed by atoms with Gasteiger partial charge in [-0.1, -0.05) is 36.4 Å². The molecule has 4 heteroatoms. The number of hydrogen-bond donors (Lipinski definition) is 3. The highest BCUT2D eigenvalue weighted by Gasteiger charge is 2.42. The Hall–Kier alpha value is -2.04. The number of rotatable bonds is 6. The summed E-state index contributed by atoms with van der Waals surface area (Å²) in [7, 11) is 0. The predicted octanol–water partition coefficient (Wildman–Crippen LogP) is 3.91. The lowest BCUT2D eigenvalue weighted by Crippen LogP contribution is -2.52. The number of ether oxygens (including phenoxy) is 1. The molecule has 1 aliphatic rings. The molecule has 2 aromatic rings. The molecule has 0 spiro atoms. The molecule has 3 N–H and O–H groups in total. The van der Waals surface area contributed by atoms with Crippen molar-refractivity contribution in [2.24, 2.45) is 0 Å². The average molecular weight is 354 g/mol. The molecule has 2 atom stereocenters. The second kappa shape index (κ2) is 7.68. The summed E-state index contributed by atoms with van der Waals surface area (Å²) in [5.41, 5.74) is 2.69. The van der Waals surface area contributed by atoms with Gasteiger partial charge in [-0.2, -0.15) is 0 Å². The normalized spacial score (nSPS) is 21.2. The van der Waals surface area contributed by atoms with Crippen LogP contribution in [0.15, 0.2) is 48.5 Å². The fraction of sp³-hybridized carbons (Fsp3) is 0.455. The Balaban J connectivity index is 1.78. The molecule has 1 aliphatic heterocycles. The van der Waals surface area contributed by atoms with Gasteiger partial charge < -0.3 is 20.5 Å². The summed E-state index contributed by atoms with van der Waals surface area (Å²) < 4.78 is 6.12. The minimum atomic E-state index is -0.645. The highest BCUT2D eigenvalue weighted by Crippen LogP contribution is 2.41. The predicted molar refractivity (Wildman–Crippen MR) is 107 cm³/mol. The molecule has 0 bridgehead atoms. The molecule has 0 radical (unpaired) electrons. The minimum Gasteiger partial charge on any atom is -0.485 e. The second-order valence-corrected chi connectivity index (χ2v) is 7.87. The van der Waals surface area contributed by atoms with E-state index >= 15 is 0 Å². The molecule has 1 heterocycles. The molecule has 0 saturated heterocycles. The summed E-state index contributed by atoms with van der Waals surface area (Å²) in [6.07, 6.45) is 0.308. The molecule has 0 fully saturated rings. The fourth-order valence-electron chi connectivity index (χ4n) is 3.46. The van der Waals surface area contributed by atoms with Crippen LogP contribution in [0.1, 0.15) is 44.9 Å². The number of aliphatic hydroxyl groups is 1. The number of benzene rings is 2. The summed E-state index contributed by atoms with van der Waals surface area (Å²) in [5.74, 6) is 0.836. The van der Waals surface area contributed by atoms with Crippen molar-refractivity contribution in [1.29, 1.82) is 0 Å². The minimum absolute atomic E-state index is 0.148. The van der Waals surface area contributed by atoms with Crippen LogP contribution in [-0.4, -0.2) is 29.4 Å². The average Bonchev–Trinajstić information content (AvgIpc) is 2.58. The van der Waals surface area contributed by atoms with Crippen molar-refractivity contribution in [3.63, 3.8) is 0 Å². The van der Waals surface area contributed by atoms with Gasteiger partial charge in [0.25, 0.3) is 0 Å². The number of hydrogen-bond acceptors (Lipinski definition) is 4. The smallest absolute Gasteiger partial charge is 0.131 e. The molecule has 0 saturated carbocycles. The second-order valence-electron chi connectivity index (χ2n) is 7.87. The van der Waals surface area contributed by atoms with Gasteiger partial charge in [0.2, 0.25) is 0 Å². The molecule has 0 unspecified atom stereocenters.